The standard InChI is InChI=1S/C21H18N4O4/c1-11-8-12(2)23-20-17(11)18-19(29-20)21(28)25(10-22-18)9-16(27)24-15-6-4-14(5-7-15)13(3)26/h4-8,10H,9H2,1-3H3,(H,24,27). The molecule has 0 radical (unpaired) electrons. The number of ketones is 1. The van der Waals surface area contributed by atoms with Crippen LogP contribution >= 0.6 is 0 Å². The van der Waals surface area contributed by atoms with Crippen molar-refractivity contribution in [2.45, 2.75) is 27.3 Å². The van der Waals surface area contributed by atoms with Gasteiger partial charge >= 0.3 is 0 Å². The zero-order chi connectivity index (χ0) is 20.7. The van der Waals surface area contributed by atoms with Crippen LogP contribution in [0.15, 0.2) is 45.9 Å². The van der Waals surface area contributed by atoms with Crippen LogP contribution in [-0.2, 0) is 11.3 Å². The Balaban J connectivity index is 1.62. The molecule has 4 rings (SSSR count). The summed E-state index contributed by atoms with van der Waals surface area (Å²) in [6.07, 6.45) is 1.33. The summed E-state index contributed by atoms with van der Waals surface area (Å²) in [6, 6.07) is 8.42. The Morgan fingerprint density at radius 1 is 1.17 bits per heavy atom. The van der Waals surface area contributed by atoms with Crippen molar-refractivity contribution in [2.75, 3.05) is 5.32 Å². The molecular weight excluding hydrogens is 372 g/mol. The molecule has 1 N–H and O–H groups in total. The second kappa shape index (κ2) is 6.97. The molecule has 0 saturated carbocycles. The van der Waals surface area contributed by atoms with Crippen LogP contribution in [0.2, 0.25) is 0 Å². The lowest BCUT2D eigenvalue weighted by atomic mass is 10.1. The monoisotopic (exact) mass is 390 g/mol. The fraction of sp³-hybridized carbons (Fsp3) is 0.190. The number of aromatic nitrogens is 3. The minimum atomic E-state index is -0.452. The lowest BCUT2D eigenvalue weighted by molar-refractivity contribution is -0.116. The fourth-order valence-electron chi connectivity index (χ4n) is 3.26. The molecule has 3 heterocycles. The Kier molecular flexibility index (Phi) is 4.46. The van der Waals surface area contributed by atoms with E-state index in [4.69, 9.17) is 4.42 Å². The largest absolute Gasteiger partial charge is 0.430 e. The van der Waals surface area contributed by atoms with Crippen molar-refractivity contribution < 1.29 is 14.0 Å². The van der Waals surface area contributed by atoms with Gasteiger partial charge in [-0.2, -0.15) is 0 Å². The highest BCUT2D eigenvalue weighted by Gasteiger charge is 2.17. The van der Waals surface area contributed by atoms with E-state index in [0.29, 0.717) is 27.9 Å². The van der Waals surface area contributed by atoms with Gasteiger partial charge in [-0.15, -0.1) is 0 Å². The summed E-state index contributed by atoms with van der Waals surface area (Å²) >= 11 is 0. The second-order valence-electron chi connectivity index (χ2n) is 6.90. The number of carbonyl (C=O) groups excluding carboxylic acids is 2. The van der Waals surface area contributed by atoms with Gasteiger partial charge in [0.1, 0.15) is 12.1 Å². The van der Waals surface area contributed by atoms with E-state index in [0.717, 1.165) is 11.3 Å². The Labute approximate surface area is 165 Å². The highest BCUT2D eigenvalue weighted by Crippen LogP contribution is 2.26. The molecule has 1 amide bonds. The molecule has 1 aromatic carbocycles. The van der Waals surface area contributed by atoms with E-state index in [1.165, 1.54) is 17.8 Å². The summed E-state index contributed by atoms with van der Waals surface area (Å²) in [5, 5.41) is 3.39. The van der Waals surface area contributed by atoms with Crippen LogP contribution in [0.3, 0.4) is 0 Å². The van der Waals surface area contributed by atoms with E-state index in [1.54, 1.807) is 24.3 Å². The maximum atomic E-state index is 12.8. The molecule has 0 unspecified atom stereocenters. The minimum Gasteiger partial charge on any atom is -0.430 e. The van der Waals surface area contributed by atoms with Gasteiger partial charge in [-0.05, 0) is 56.7 Å². The maximum Gasteiger partial charge on any atom is 0.297 e. The Bertz CT molecular complexity index is 1330. The van der Waals surface area contributed by atoms with Crippen LogP contribution in [0.1, 0.15) is 28.5 Å². The molecule has 29 heavy (non-hydrogen) atoms. The molecule has 0 aliphatic heterocycles. The van der Waals surface area contributed by atoms with Gasteiger partial charge in [-0.3, -0.25) is 19.0 Å². The number of benzene rings is 1. The molecule has 4 aromatic rings. The third-order valence-electron chi connectivity index (χ3n) is 4.63. The Morgan fingerprint density at radius 3 is 2.59 bits per heavy atom. The fourth-order valence-corrected chi connectivity index (χ4v) is 3.26. The third-order valence-corrected chi connectivity index (χ3v) is 4.63. The molecule has 0 aliphatic rings. The van der Waals surface area contributed by atoms with Crippen LogP contribution < -0.4 is 10.9 Å². The third kappa shape index (κ3) is 3.40. The lowest BCUT2D eigenvalue weighted by Crippen LogP contribution is -2.27. The first kappa shape index (κ1) is 18.5. The van der Waals surface area contributed by atoms with Gasteiger partial charge in [0.2, 0.25) is 17.2 Å². The van der Waals surface area contributed by atoms with Crippen LogP contribution in [0.4, 0.5) is 5.69 Å². The normalized spacial score (nSPS) is 11.1. The van der Waals surface area contributed by atoms with Crippen LogP contribution in [-0.4, -0.2) is 26.2 Å². The average Bonchev–Trinajstić information content (AvgIpc) is 3.04. The van der Waals surface area contributed by atoms with Gasteiger partial charge in [0.25, 0.3) is 5.56 Å². The predicted molar refractivity (Wildman–Crippen MR) is 108 cm³/mol. The number of pyridine rings is 1. The van der Waals surface area contributed by atoms with E-state index >= 15 is 0 Å². The number of aryl methyl sites for hydroxylation is 2. The first-order valence-electron chi connectivity index (χ1n) is 9.00. The van der Waals surface area contributed by atoms with Crippen molar-refractivity contribution in [3.63, 3.8) is 0 Å². The van der Waals surface area contributed by atoms with Crippen molar-refractivity contribution in [1.82, 2.24) is 14.5 Å². The topological polar surface area (TPSA) is 107 Å². The number of hydrogen-bond acceptors (Lipinski definition) is 6. The second-order valence-corrected chi connectivity index (χ2v) is 6.90. The molecule has 8 heteroatoms. The Morgan fingerprint density at radius 2 is 1.90 bits per heavy atom. The summed E-state index contributed by atoms with van der Waals surface area (Å²) in [5.74, 6) is -0.454. The van der Waals surface area contributed by atoms with E-state index in [1.807, 2.05) is 19.9 Å². The van der Waals surface area contributed by atoms with Crippen molar-refractivity contribution in [1.29, 1.82) is 0 Å². The number of amides is 1. The van der Waals surface area contributed by atoms with Gasteiger partial charge in [0, 0.05) is 16.9 Å². The number of anilines is 1. The number of nitrogens with one attached hydrogen (secondary N) is 1. The summed E-state index contributed by atoms with van der Waals surface area (Å²) < 4.78 is 6.84. The van der Waals surface area contributed by atoms with E-state index in [9.17, 15) is 14.4 Å². The van der Waals surface area contributed by atoms with E-state index in [-0.39, 0.29) is 17.9 Å². The quantitative estimate of drug-likeness (QED) is 0.537. The molecule has 0 aliphatic carbocycles. The lowest BCUT2D eigenvalue weighted by Gasteiger charge is -2.07. The van der Waals surface area contributed by atoms with Crippen molar-refractivity contribution in [2.24, 2.45) is 0 Å². The summed E-state index contributed by atoms with van der Waals surface area (Å²) in [6.45, 7) is 5.00. The summed E-state index contributed by atoms with van der Waals surface area (Å²) in [4.78, 5) is 45.1. The zero-order valence-corrected chi connectivity index (χ0v) is 16.1. The smallest absolute Gasteiger partial charge is 0.297 e. The minimum absolute atomic E-state index is 0.0560. The highest BCUT2D eigenvalue weighted by molar-refractivity contribution is 6.02. The van der Waals surface area contributed by atoms with Crippen LogP contribution in [0.5, 0.6) is 0 Å². The zero-order valence-electron chi connectivity index (χ0n) is 16.1. The predicted octanol–water partition coefficient (Wildman–Crippen LogP) is 3.00. The maximum absolute atomic E-state index is 12.8. The summed E-state index contributed by atoms with van der Waals surface area (Å²) in [7, 11) is 0. The number of rotatable bonds is 4. The molecule has 0 saturated heterocycles. The van der Waals surface area contributed by atoms with Gasteiger partial charge < -0.3 is 9.73 Å². The molecule has 8 nitrogen and oxygen atoms in total. The van der Waals surface area contributed by atoms with Crippen LogP contribution in [0.25, 0.3) is 22.2 Å². The Hall–Kier alpha value is -3.81. The van der Waals surface area contributed by atoms with Crippen molar-refractivity contribution in [3.05, 3.63) is 63.8 Å². The average molecular weight is 390 g/mol. The number of furan rings is 1. The molecule has 146 valence electrons. The van der Waals surface area contributed by atoms with Crippen molar-refractivity contribution >= 4 is 39.6 Å². The first-order chi connectivity index (χ1) is 13.8. The van der Waals surface area contributed by atoms with Gasteiger partial charge in [0.05, 0.1) is 11.7 Å². The number of carbonyl (C=O) groups is 2. The van der Waals surface area contributed by atoms with Crippen molar-refractivity contribution in [3.8, 4) is 0 Å². The number of hydrogen-bond donors (Lipinski definition) is 1. The van der Waals surface area contributed by atoms with Crippen LogP contribution in [0, 0.1) is 13.8 Å². The SMILES string of the molecule is CC(=O)c1ccc(NC(=O)Cn2cnc3c(oc4nc(C)cc(C)c43)c2=O)cc1. The number of fused-ring (bicyclic) bond motifs is 3. The number of Topliss-reactive ketones (excluding diaryl/α,β-unsaturated/α-hetero) is 1. The molecule has 0 fully saturated rings. The molecule has 3 aromatic heterocycles. The van der Waals surface area contributed by atoms with Gasteiger partial charge in [-0.1, -0.05) is 0 Å². The van der Waals surface area contributed by atoms with E-state index < -0.39 is 11.5 Å². The number of nitrogens with zero attached hydrogens (tertiary/aromatic N) is 3. The summed E-state index contributed by atoms with van der Waals surface area (Å²) in [5.41, 5.74) is 3.20. The molecule has 0 spiro atoms. The van der Waals surface area contributed by atoms with Gasteiger partial charge in [0.15, 0.2) is 5.78 Å². The first-order valence-corrected chi connectivity index (χ1v) is 9.00. The molecule has 0 atom stereocenters. The molecule has 0 bridgehead atoms. The van der Waals surface area contributed by atoms with Gasteiger partial charge in [-0.25, -0.2) is 9.97 Å². The van der Waals surface area contributed by atoms with E-state index in [2.05, 4.69) is 15.3 Å². The molecular formula is C21H18N4O4. The highest BCUT2D eigenvalue weighted by atomic mass is 16.3.